The SMILES string of the molecule is COc1ccc(C(=O)COC(=O)C[C@H]2c3ccccc3C=CN2C(C)=O)cc1F. The average molecular weight is 397 g/mol. The number of hydrogen-bond donors (Lipinski definition) is 0. The number of amides is 1. The highest BCUT2D eigenvalue weighted by atomic mass is 19.1. The van der Waals surface area contributed by atoms with Crippen LogP contribution in [0.1, 0.15) is 40.9 Å². The number of benzene rings is 2. The fraction of sp³-hybridized carbons (Fsp3) is 0.227. The van der Waals surface area contributed by atoms with Gasteiger partial charge in [0.25, 0.3) is 0 Å². The van der Waals surface area contributed by atoms with Crippen LogP contribution >= 0.6 is 0 Å². The molecule has 1 aliphatic heterocycles. The zero-order valence-corrected chi connectivity index (χ0v) is 16.1. The average Bonchev–Trinajstić information content (AvgIpc) is 2.72. The van der Waals surface area contributed by atoms with E-state index in [9.17, 15) is 18.8 Å². The Bertz CT molecular complexity index is 985. The van der Waals surface area contributed by atoms with Crippen molar-refractivity contribution in [1.29, 1.82) is 0 Å². The van der Waals surface area contributed by atoms with E-state index >= 15 is 0 Å². The van der Waals surface area contributed by atoms with Gasteiger partial charge in [0, 0.05) is 18.7 Å². The van der Waals surface area contributed by atoms with Crippen molar-refractivity contribution in [2.75, 3.05) is 13.7 Å². The first-order valence-corrected chi connectivity index (χ1v) is 8.99. The van der Waals surface area contributed by atoms with Crippen LogP contribution < -0.4 is 4.74 Å². The van der Waals surface area contributed by atoms with Crippen molar-refractivity contribution >= 4 is 23.7 Å². The zero-order chi connectivity index (χ0) is 21.0. The fourth-order valence-corrected chi connectivity index (χ4v) is 3.20. The van der Waals surface area contributed by atoms with Crippen LogP contribution in [0, 0.1) is 5.82 Å². The molecule has 0 bridgehead atoms. The van der Waals surface area contributed by atoms with Gasteiger partial charge in [-0.05, 0) is 35.4 Å². The largest absolute Gasteiger partial charge is 0.494 e. The lowest BCUT2D eigenvalue weighted by atomic mass is 9.94. The molecule has 3 rings (SSSR count). The third-order valence-electron chi connectivity index (χ3n) is 4.67. The lowest BCUT2D eigenvalue weighted by Gasteiger charge is -2.32. The van der Waals surface area contributed by atoms with E-state index in [0.29, 0.717) is 0 Å². The monoisotopic (exact) mass is 397 g/mol. The Hall–Kier alpha value is -3.48. The van der Waals surface area contributed by atoms with Gasteiger partial charge in [-0.25, -0.2) is 4.39 Å². The van der Waals surface area contributed by atoms with Crippen LogP contribution in [0.2, 0.25) is 0 Å². The van der Waals surface area contributed by atoms with Gasteiger partial charge in [0.1, 0.15) is 0 Å². The molecular weight excluding hydrogens is 377 g/mol. The summed E-state index contributed by atoms with van der Waals surface area (Å²) in [7, 11) is 1.32. The second-order valence-electron chi connectivity index (χ2n) is 6.52. The normalized spacial score (nSPS) is 14.9. The van der Waals surface area contributed by atoms with Crippen LogP contribution in [0.3, 0.4) is 0 Å². The van der Waals surface area contributed by atoms with Crippen molar-refractivity contribution < 1.29 is 28.2 Å². The Morgan fingerprint density at radius 1 is 1.14 bits per heavy atom. The van der Waals surface area contributed by atoms with E-state index in [4.69, 9.17) is 9.47 Å². The van der Waals surface area contributed by atoms with Gasteiger partial charge in [-0.2, -0.15) is 0 Å². The van der Waals surface area contributed by atoms with Gasteiger partial charge < -0.3 is 14.4 Å². The van der Waals surface area contributed by atoms with Crippen molar-refractivity contribution in [3.63, 3.8) is 0 Å². The summed E-state index contributed by atoms with van der Waals surface area (Å²) in [5.74, 6) is -2.03. The van der Waals surface area contributed by atoms with E-state index < -0.39 is 30.2 Å². The quantitative estimate of drug-likeness (QED) is 0.551. The van der Waals surface area contributed by atoms with Crippen LogP contribution in [0.4, 0.5) is 4.39 Å². The molecule has 1 amide bonds. The van der Waals surface area contributed by atoms with Gasteiger partial charge in [-0.1, -0.05) is 24.3 Å². The van der Waals surface area contributed by atoms with E-state index in [1.54, 1.807) is 12.3 Å². The minimum Gasteiger partial charge on any atom is -0.494 e. The van der Waals surface area contributed by atoms with Gasteiger partial charge in [0.2, 0.25) is 5.91 Å². The lowest BCUT2D eigenvalue weighted by molar-refractivity contribution is -0.144. The summed E-state index contributed by atoms with van der Waals surface area (Å²) in [5.41, 5.74) is 1.81. The molecule has 1 heterocycles. The molecule has 29 heavy (non-hydrogen) atoms. The molecule has 150 valence electrons. The van der Waals surface area contributed by atoms with Crippen LogP contribution in [-0.2, 0) is 14.3 Å². The van der Waals surface area contributed by atoms with Gasteiger partial charge >= 0.3 is 5.97 Å². The first-order chi connectivity index (χ1) is 13.9. The summed E-state index contributed by atoms with van der Waals surface area (Å²) in [6.07, 6.45) is 3.33. The summed E-state index contributed by atoms with van der Waals surface area (Å²) < 4.78 is 23.7. The maximum atomic E-state index is 13.7. The number of ketones is 1. The fourth-order valence-electron chi connectivity index (χ4n) is 3.20. The second-order valence-corrected chi connectivity index (χ2v) is 6.52. The summed E-state index contributed by atoms with van der Waals surface area (Å²) >= 11 is 0. The summed E-state index contributed by atoms with van der Waals surface area (Å²) in [4.78, 5) is 38.0. The molecule has 0 radical (unpaired) electrons. The molecule has 0 fully saturated rings. The van der Waals surface area contributed by atoms with E-state index in [0.717, 1.165) is 17.2 Å². The predicted molar refractivity (Wildman–Crippen MR) is 104 cm³/mol. The molecule has 0 saturated carbocycles. The smallest absolute Gasteiger partial charge is 0.308 e. The molecular formula is C22H20FNO5. The molecule has 0 saturated heterocycles. The summed E-state index contributed by atoms with van der Waals surface area (Å²) in [6.45, 7) is 0.896. The summed E-state index contributed by atoms with van der Waals surface area (Å²) in [5, 5.41) is 0. The van der Waals surface area contributed by atoms with E-state index in [1.807, 2.05) is 24.3 Å². The van der Waals surface area contributed by atoms with Crippen molar-refractivity contribution in [2.45, 2.75) is 19.4 Å². The highest BCUT2D eigenvalue weighted by Crippen LogP contribution is 2.33. The van der Waals surface area contributed by atoms with Crippen LogP contribution in [-0.4, -0.2) is 36.3 Å². The summed E-state index contributed by atoms with van der Waals surface area (Å²) in [6, 6.07) is 10.7. The third-order valence-corrected chi connectivity index (χ3v) is 4.67. The number of fused-ring (bicyclic) bond motifs is 1. The minimum absolute atomic E-state index is 0.0203. The number of hydrogen-bond acceptors (Lipinski definition) is 5. The molecule has 2 aromatic carbocycles. The minimum atomic E-state index is -0.674. The number of esters is 1. The number of ether oxygens (including phenoxy) is 2. The number of rotatable bonds is 6. The number of methoxy groups -OCH3 is 1. The predicted octanol–water partition coefficient (Wildman–Crippen LogP) is 3.52. The molecule has 0 spiro atoms. The molecule has 0 N–H and O–H groups in total. The molecule has 1 atom stereocenters. The maximum Gasteiger partial charge on any atom is 0.308 e. The van der Waals surface area contributed by atoms with Crippen LogP contribution in [0.25, 0.3) is 6.08 Å². The van der Waals surface area contributed by atoms with Gasteiger partial charge in [0.05, 0.1) is 19.6 Å². The highest BCUT2D eigenvalue weighted by molar-refractivity contribution is 5.98. The molecule has 0 unspecified atom stereocenters. The van der Waals surface area contributed by atoms with Crippen molar-refractivity contribution in [2.24, 2.45) is 0 Å². The first kappa shape index (κ1) is 20.3. The van der Waals surface area contributed by atoms with Gasteiger partial charge in [-0.3, -0.25) is 14.4 Å². The van der Waals surface area contributed by atoms with Crippen LogP contribution in [0.5, 0.6) is 5.75 Å². The molecule has 2 aromatic rings. The van der Waals surface area contributed by atoms with Crippen LogP contribution in [0.15, 0.2) is 48.7 Å². The topological polar surface area (TPSA) is 72.9 Å². The Balaban J connectivity index is 1.66. The Labute approximate surface area is 167 Å². The Kier molecular flexibility index (Phi) is 6.07. The molecule has 6 nitrogen and oxygen atoms in total. The number of nitrogens with zero attached hydrogens (tertiary/aromatic N) is 1. The van der Waals surface area contributed by atoms with E-state index in [-0.39, 0.29) is 23.6 Å². The van der Waals surface area contributed by atoms with Crippen molar-refractivity contribution in [3.05, 3.63) is 71.2 Å². The van der Waals surface area contributed by atoms with E-state index in [2.05, 4.69) is 0 Å². The van der Waals surface area contributed by atoms with Crippen molar-refractivity contribution in [3.8, 4) is 5.75 Å². The molecule has 0 aromatic heterocycles. The first-order valence-electron chi connectivity index (χ1n) is 8.99. The van der Waals surface area contributed by atoms with Gasteiger partial charge in [-0.15, -0.1) is 0 Å². The zero-order valence-electron chi connectivity index (χ0n) is 16.1. The number of carbonyl (C=O) groups is 3. The number of carbonyl (C=O) groups excluding carboxylic acids is 3. The standard InChI is InChI=1S/C22H20FNO5/c1-14(25)24-10-9-15-5-3-4-6-17(15)19(24)12-22(27)29-13-20(26)16-7-8-21(28-2)18(23)11-16/h3-11,19H,12-13H2,1-2H3/t19-/m0/s1. The highest BCUT2D eigenvalue weighted by Gasteiger charge is 2.29. The van der Waals surface area contributed by atoms with Crippen molar-refractivity contribution in [1.82, 2.24) is 4.90 Å². The Morgan fingerprint density at radius 3 is 2.59 bits per heavy atom. The molecule has 7 heteroatoms. The molecule has 0 aliphatic carbocycles. The lowest BCUT2D eigenvalue weighted by Crippen LogP contribution is -2.32. The second kappa shape index (κ2) is 8.68. The third kappa shape index (κ3) is 4.51. The maximum absolute atomic E-state index is 13.7. The Morgan fingerprint density at radius 2 is 1.90 bits per heavy atom. The van der Waals surface area contributed by atoms with Gasteiger partial charge in [0.15, 0.2) is 24.0 Å². The number of halogens is 1. The molecule has 1 aliphatic rings. The van der Waals surface area contributed by atoms with E-state index in [1.165, 1.54) is 31.1 Å². The number of Topliss-reactive ketones (excluding diaryl/α,β-unsaturated/α-hetero) is 1.